The van der Waals surface area contributed by atoms with Crippen molar-refractivity contribution in [1.82, 2.24) is 79.9 Å². The zero-order valence-electron chi connectivity index (χ0n) is 79.9. The molecule has 0 radical (unpaired) electrons. The van der Waals surface area contributed by atoms with Gasteiger partial charge in [-0.15, -0.1) is 0 Å². The first-order valence-corrected chi connectivity index (χ1v) is 48.4. The van der Waals surface area contributed by atoms with Crippen molar-refractivity contribution in [2.75, 3.05) is 59.9 Å². The van der Waals surface area contributed by atoms with Gasteiger partial charge in [0.05, 0.1) is 105 Å². The summed E-state index contributed by atoms with van der Waals surface area (Å²) in [6.07, 6.45) is 8.12. The summed E-state index contributed by atoms with van der Waals surface area (Å²) in [5, 5.41) is 13.5. The number of benzene rings is 6. The molecule has 11 aromatic rings. The number of hydrogen-bond donors (Lipinski definition) is 8. The van der Waals surface area contributed by atoms with Gasteiger partial charge in [0, 0.05) is 48.8 Å². The number of carbonyl (C=O) groups is 9. The first-order valence-electron chi connectivity index (χ1n) is 46.4. The number of H-pyrrole nitrogens is 3. The summed E-state index contributed by atoms with van der Waals surface area (Å²) in [5.41, 5.74) is 14.1. The fourth-order valence-electron chi connectivity index (χ4n) is 18.4. The number of nitrogens with one attached hydrogen (secondary N) is 8. The van der Waals surface area contributed by atoms with Crippen LogP contribution >= 0.6 is 10.2 Å². The summed E-state index contributed by atoms with van der Waals surface area (Å²) < 4.78 is 92.2. The van der Waals surface area contributed by atoms with E-state index in [9.17, 15) is 62.6 Å². The van der Waals surface area contributed by atoms with Gasteiger partial charge in [-0.05, 0) is 198 Å². The minimum absolute atomic E-state index is 0.0107. The van der Waals surface area contributed by atoms with Gasteiger partial charge in [-0.1, -0.05) is 187 Å². The minimum Gasteiger partial charge on any atom is -0.453 e. The third-order valence-corrected chi connectivity index (χ3v) is 27.1. The number of aromatic nitrogens is 8. The van der Waals surface area contributed by atoms with Crippen molar-refractivity contribution < 1.29 is 81.5 Å². The molecule has 0 spiro atoms. The molecule has 0 saturated carbocycles. The number of nitrogens with zero attached hydrogens (tertiary/aromatic N) is 9. The molecule has 4 fully saturated rings. The topological polar surface area (TPSA) is 360 Å². The van der Waals surface area contributed by atoms with Crippen molar-refractivity contribution in [3.63, 3.8) is 0 Å². The van der Waals surface area contributed by atoms with Crippen molar-refractivity contribution in [2.24, 2.45) is 23.7 Å². The first-order chi connectivity index (χ1) is 65.5. The normalized spacial score (nSPS) is 17.5. The second-order valence-corrected chi connectivity index (χ2v) is 40.1. The van der Waals surface area contributed by atoms with Crippen LogP contribution in [0, 0.1) is 23.7 Å². The van der Waals surface area contributed by atoms with Gasteiger partial charge in [-0.25, -0.2) is 34.1 Å². The Labute approximate surface area is 798 Å². The summed E-state index contributed by atoms with van der Waals surface area (Å²) in [5.74, 6) is -0.131. The van der Waals surface area contributed by atoms with Crippen molar-refractivity contribution in [3.05, 3.63) is 211 Å². The predicted octanol–water partition coefficient (Wildman–Crippen LogP) is 20.2. The lowest BCUT2D eigenvalue weighted by Gasteiger charge is -2.40. The number of alkyl carbamates (subject to hydrolysis) is 4. The van der Waals surface area contributed by atoms with Crippen LogP contribution in [-0.4, -0.2) is 197 Å². The lowest BCUT2D eigenvalue weighted by Crippen LogP contribution is -2.54. The van der Waals surface area contributed by atoms with Crippen molar-refractivity contribution >= 4 is 69.8 Å². The first kappa shape index (κ1) is 99.9. The number of rotatable bonds is 27. The van der Waals surface area contributed by atoms with Gasteiger partial charge in [-0.2, -0.15) is 0 Å². The maximum atomic E-state index is 13.8. The summed E-state index contributed by atoms with van der Waals surface area (Å²) in [6.45, 7) is 23.4. The minimum atomic E-state index is -9.99. The molecular formula is C102H120F5N17O13S. The van der Waals surface area contributed by atoms with E-state index in [0.717, 1.165) is 101 Å². The molecule has 5 aromatic heterocycles. The Hall–Kier alpha value is -14.1. The standard InChI is InChI=1S/C54H65N9O6.C48H55F5N8O7S/c1-32(2)46(59-52(66)68-8)50(64)61-27-11-15-44(61)48-55-30-40(57-48)34-17-19-35(20-18-34)42-25-26-43(63(42)39-23-21-38(22-24-39)54(5,6)7)37-14-10-13-36(29-37)41-31-56-49(58-41)45-16-12-28-62(45)51(65)47(33(3)4)60-53(67)69-9;1-28(2)41(57-47(65)67-5)45(63)59-25-7-9-39(59)43-54-27-36(56-43)30-11-13-31(14-12-30)37-23-24-38(61(37)34-19-21-35(22-20-34)69(49,50,51,52)53)32-15-17-33(18-16-32)55-44(62)40-10-8-26-60(40)46(64)42(29(3)4)58-48(66)68-6/h10,13-14,17-26,29-33,44-47H,11-12,15-16,27-28H2,1-9H3,(H,55,57)(H,56,58)(H,59,66)(H,60,67);11-24,27-29,39-42H,7-10,25-26H2,1-6H3,(H,54,56)(H,55,62)(H,57,65)(H,58,66)/t44-,45-,46-,47-;39-,40-,41-,42-/m00/s1. The molecule has 0 bridgehead atoms. The van der Waals surface area contributed by atoms with E-state index in [0.29, 0.717) is 109 Å². The number of methoxy groups -OCH3 is 4. The lowest BCUT2D eigenvalue weighted by atomic mass is 9.87. The molecule has 4 saturated heterocycles. The predicted molar refractivity (Wildman–Crippen MR) is 517 cm³/mol. The molecule has 4 aliphatic heterocycles. The summed E-state index contributed by atoms with van der Waals surface area (Å²) >= 11 is 0. The number of imidazole rings is 3. The van der Waals surface area contributed by atoms with Crippen LogP contribution < -0.4 is 26.6 Å². The fourth-order valence-corrected chi connectivity index (χ4v) is 19.1. The fraction of sp³-hybridized carbons (Fsp3) is 0.392. The Bertz CT molecular complexity index is 6250. The van der Waals surface area contributed by atoms with E-state index >= 15 is 0 Å². The van der Waals surface area contributed by atoms with E-state index < -0.39 is 81.5 Å². The number of ether oxygens (including phenoxy) is 4. The van der Waals surface area contributed by atoms with Crippen LogP contribution in [0.25, 0.3) is 90.2 Å². The highest BCUT2D eigenvalue weighted by Crippen LogP contribution is 3.02. The number of aromatic amines is 3. The Morgan fingerprint density at radius 2 is 0.681 bits per heavy atom. The van der Waals surface area contributed by atoms with Crippen LogP contribution in [0.5, 0.6) is 0 Å². The maximum Gasteiger partial charge on any atom is 0.407 e. The molecule has 8 atom stereocenters. The third kappa shape index (κ3) is 22.3. The molecule has 732 valence electrons. The number of amides is 9. The average molecular weight is 1920 g/mol. The van der Waals surface area contributed by atoms with Gasteiger partial charge < -0.3 is 89.2 Å². The van der Waals surface area contributed by atoms with Gasteiger partial charge in [0.15, 0.2) is 0 Å². The Morgan fingerprint density at radius 1 is 0.377 bits per heavy atom. The maximum absolute atomic E-state index is 13.8. The molecule has 4 aliphatic rings. The molecular weight excluding hydrogens is 1800 g/mol. The molecule has 8 N–H and O–H groups in total. The molecule has 138 heavy (non-hydrogen) atoms. The van der Waals surface area contributed by atoms with E-state index in [1.165, 1.54) is 38.9 Å². The van der Waals surface area contributed by atoms with Crippen LogP contribution in [-0.2, 0) is 48.3 Å². The Balaban J connectivity index is 0.000000220. The number of halogens is 5. The van der Waals surface area contributed by atoms with E-state index in [2.05, 4.69) is 162 Å². The van der Waals surface area contributed by atoms with Crippen molar-refractivity contribution in [3.8, 4) is 90.2 Å². The highest BCUT2D eigenvalue weighted by Gasteiger charge is 2.65. The molecule has 9 heterocycles. The Morgan fingerprint density at radius 3 is 1.02 bits per heavy atom. The number of carbonyl (C=O) groups excluding carboxylic acids is 9. The lowest BCUT2D eigenvalue weighted by molar-refractivity contribution is -0.139. The van der Waals surface area contributed by atoms with E-state index in [1.54, 1.807) is 78.0 Å². The van der Waals surface area contributed by atoms with E-state index in [1.807, 2.05) is 75.9 Å². The van der Waals surface area contributed by atoms with Crippen molar-refractivity contribution in [1.29, 1.82) is 0 Å². The van der Waals surface area contributed by atoms with Crippen LogP contribution in [0.2, 0.25) is 0 Å². The zero-order chi connectivity index (χ0) is 99.2. The average Bonchev–Trinajstić information content (AvgIpc) is 0.876. The highest BCUT2D eigenvalue weighted by molar-refractivity contribution is 8.45. The SMILES string of the molecule is COC(=O)N[C@H](C(=O)N1CCC[C@H]1C(=O)Nc1ccc(-c2ccc(-c3ccc(-c4cnc([C@@H]5CCCN5C(=O)[C@@H](NC(=O)OC)C(C)C)[nH]4)cc3)n2-c2ccc(S(F)(F)(F)(F)F)cc2)cc1)C(C)C.COC(=O)N[C@H](C(=O)N1CCC[C@H]1c1ncc(-c2ccc(-c3ccc(-c4cccc(-c5cnc([C@@H]6CCCN6C(=O)[C@@H](NC(=O)OC)C(C)C)[nH]5)c4)n3-c3ccc(C(C)(C)C)cc3)cc2)[nH]1)C(C)C. The largest absolute Gasteiger partial charge is 0.453 e. The van der Waals surface area contributed by atoms with Gasteiger partial charge in [0.2, 0.25) is 29.5 Å². The van der Waals surface area contributed by atoms with Crippen molar-refractivity contribution in [2.45, 2.75) is 186 Å². The van der Waals surface area contributed by atoms with Crippen LogP contribution in [0.15, 0.2) is 193 Å². The monoisotopic (exact) mass is 1920 g/mol. The molecule has 0 aliphatic carbocycles. The molecule has 30 nitrogen and oxygen atoms in total. The molecule has 0 unspecified atom stereocenters. The second-order valence-electron chi connectivity index (χ2n) is 37.7. The van der Waals surface area contributed by atoms with Crippen LogP contribution in [0.1, 0.15) is 169 Å². The van der Waals surface area contributed by atoms with Gasteiger partial charge in [0.1, 0.15) is 52.6 Å². The molecule has 9 amide bonds. The number of hydrogen-bond acceptors (Lipinski definition) is 16. The van der Waals surface area contributed by atoms with E-state index in [-0.39, 0.29) is 70.6 Å². The molecule has 36 heteroatoms. The zero-order valence-corrected chi connectivity index (χ0v) is 80.8. The quantitative estimate of drug-likeness (QED) is 0.0175. The molecule has 15 rings (SSSR count). The van der Waals surface area contributed by atoms with E-state index in [4.69, 9.17) is 24.2 Å². The van der Waals surface area contributed by atoms with Crippen LogP contribution in [0.3, 0.4) is 0 Å². The smallest absolute Gasteiger partial charge is 0.407 e. The summed E-state index contributed by atoms with van der Waals surface area (Å²) in [4.78, 5) is 146. The molecule has 6 aromatic carbocycles. The highest BCUT2D eigenvalue weighted by atomic mass is 32.5. The summed E-state index contributed by atoms with van der Waals surface area (Å²) in [7, 11) is -4.97. The third-order valence-electron chi connectivity index (χ3n) is 25.9. The van der Waals surface area contributed by atoms with Gasteiger partial charge >= 0.3 is 34.6 Å². The Kier molecular flexibility index (Phi) is 29.5. The number of anilines is 1. The second kappa shape index (κ2) is 40.7. The summed E-state index contributed by atoms with van der Waals surface area (Å²) in [6, 6.07) is 45.2. The van der Waals surface area contributed by atoms with Crippen LogP contribution in [0.4, 0.5) is 44.3 Å². The number of likely N-dealkylation sites (tertiary alicyclic amines) is 4. The van der Waals surface area contributed by atoms with Gasteiger partial charge in [-0.3, -0.25) is 24.0 Å². The van der Waals surface area contributed by atoms with Gasteiger partial charge in [0.25, 0.3) is 0 Å².